The Morgan fingerprint density at radius 3 is 2.58 bits per heavy atom. The fraction of sp³-hybridized carbons (Fsp3) is 0.250. The molecule has 0 bridgehead atoms. The van der Waals surface area contributed by atoms with E-state index in [1.807, 2.05) is 0 Å². The molecule has 1 aromatic heterocycles. The zero-order valence-corrected chi connectivity index (χ0v) is 7.02. The standard InChI is InChI=1S/C8H10N2O2/c1-10(8(11)12-2)7-3-5-9-6-4-7/h3-6H,1-2H3. The predicted octanol–water partition coefficient (Wildman–Crippen LogP) is 1.28. The van der Waals surface area contributed by atoms with Gasteiger partial charge in [0.2, 0.25) is 0 Å². The molecular formula is C8H10N2O2. The molecule has 0 atom stereocenters. The van der Waals surface area contributed by atoms with Gasteiger partial charge in [-0.2, -0.15) is 0 Å². The van der Waals surface area contributed by atoms with Gasteiger partial charge in [0, 0.05) is 25.1 Å². The number of methoxy groups -OCH3 is 1. The molecule has 1 amide bonds. The topological polar surface area (TPSA) is 42.4 Å². The van der Waals surface area contributed by atoms with Crippen LogP contribution in [0.25, 0.3) is 0 Å². The zero-order chi connectivity index (χ0) is 8.97. The van der Waals surface area contributed by atoms with Crippen molar-refractivity contribution in [3.63, 3.8) is 0 Å². The Morgan fingerprint density at radius 1 is 1.50 bits per heavy atom. The molecule has 0 saturated heterocycles. The minimum Gasteiger partial charge on any atom is -0.452 e. The highest BCUT2D eigenvalue weighted by Gasteiger charge is 2.08. The first kappa shape index (κ1) is 8.52. The van der Waals surface area contributed by atoms with Crippen molar-refractivity contribution in [1.82, 2.24) is 4.98 Å². The van der Waals surface area contributed by atoms with Gasteiger partial charge in [-0.3, -0.25) is 9.88 Å². The van der Waals surface area contributed by atoms with Crippen LogP contribution >= 0.6 is 0 Å². The van der Waals surface area contributed by atoms with Crippen LogP contribution in [0.3, 0.4) is 0 Å². The first-order valence-electron chi connectivity index (χ1n) is 3.47. The second kappa shape index (κ2) is 3.71. The minimum absolute atomic E-state index is 0.388. The van der Waals surface area contributed by atoms with Crippen molar-refractivity contribution in [2.45, 2.75) is 0 Å². The van der Waals surface area contributed by atoms with Crippen LogP contribution in [0.4, 0.5) is 10.5 Å². The van der Waals surface area contributed by atoms with Crippen molar-refractivity contribution in [2.75, 3.05) is 19.1 Å². The largest absolute Gasteiger partial charge is 0.452 e. The van der Waals surface area contributed by atoms with Crippen LogP contribution in [0.15, 0.2) is 24.5 Å². The average molecular weight is 166 g/mol. The van der Waals surface area contributed by atoms with Gasteiger partial charge < -0.3 is 4.74 Å². The van der Waals surface area contributed by atoms with Gasteiger partial charge in [0.05, 0.1) is 7.11 Å². The third-order valence-corrected chi connectivity index (χ3v) is 1.50. The maximum absolute atomic E-state index is 11.0. The van der Waals surface area contributed by atoms with Crippen LogP contribution in [0.2, 0.25) is 0 Å². The van der Waals surface area contributed by atoms with Gasteiger partial charge in [-0.15, -0.1) is 0 Å². The number of anilines is 1. The summed E-state index contributed by atoms with van der Waals surface area (Å²) in [6.07, 6.45) is 2.85. The SMILES string of the molecule is COC(=O)N(C)c1ccncc1. The van der Waals surface area contributed by atoms with Gasteiger partial charge in [-0.1, -0.05) is 0 Å². The highest BCUT2D eigenvalue weighted by Crippen LogP contribution is 2.09. The number of nitrogens with zero attached hydrogens (tertiary/aromatic N) is 2. The van der Waals surface area contributed by atoms with E-state index in [1.165, 1.54) is 12.0 Å². The lowest BCUT2D eigenvalue weighted by molar-refractivity contribution is 0.180. The molecule has 0 aliphatic rings. The number of rotatable bonds is 1. The Labute approximate surface area is 70.8 Å². The van der Waals surface area contributed by atoms with Gasteiger partial charge >= 0.3 is 6.09 Å². The second-order valence-electron chi connectivity index (χ2n) is 2.23. The Morgan fingerprint density at radius 2 is 2.08 bits per heavy atom. The molecule has 0 N–H and O–H groups in total. The van der Waals surface area contributed by atoms with E-state index in [9.17, 15) is 4.79 Å². The molecule has 12 heavy (non-hydrogen) atoms. The number of aromatic nitrogens is 1. The van der Waals surface area contributed by atoms with E-state index in [2.05, 4.69) is 9.72 Å². The maximum atomic E-state index is 11.0. The summed E-state index contributed by atoms with van der Waals surface area (Å²) in [6.45, 7) is 0. The summed E-state index contributed by atoms with van der Waals surface area (Å²) in [5, 5.41) is 0. The number of pyridine rings is 1. The number of amides is 1. The first-order valence-corrected chi connectivity index (χ1v) is 3.47. The summed E-state index contributed by atoms with van der Waals surface area (Å²) < 4.78 is 4.53. The van der Waals surface area contributed by atoms with E-state index < -0.39 is 0 Å². The monoisotopic (exact) mass is 166 g/mol. The third-order valence-electron chi connectivity index (χ3n) is 1.50. The summed E-state index contributed by atoms with van der Waals surface area (Å²) in [7, 11) is 2.99. The number of ether oxygens (including phenoxy) is 1. The van der Waals surface area contributed by atoms with Gasteiger partial charge in [0.25, 0.3) is 0 Å². The lowest BCUT2D eigenvalue weighted by atomic mass is 10.4. The van der Waals surface area contributed by atoms with Crippen molar-refractivity contribution in [3.8, 4) is 0 Å². The molecule has 0 aliphatic carbocycles. The van der Waals surface area contributed by atoms with Crippen molar-refractivity contribution >= 4 is 11.8 Å². The van der Waals surface area contributed by atoms with Crippen molar-refractivity contribution in [3.05, 3.63) is 24.5 Å². The van der Waals surface area contributed by atoms with Gasteiger partial charge in [-0.05, 0) is 12.1 Å². The Kier molecular flexibility index (Phi) is 2.63. The van der Waals surface area contributed by atoms with Crippen LogP contribution in [0.5, 0.6) is 0 Å². The van der Waals surface area contributed by atoms with E-state index in [0.717, 1.165) is 5.69 Å². The van der Waals surface area contributed by atoms with E-state index in [1.54, 1.807) is 31.6 Å². The van der Waals surface area contributed by atoms with Crippen molar-refractivity contribution in [1.29, 1.82) is 0 Å². The minimum atomic E-state index is -0.388. The van der Waals surface area contributed by atoms with E-state index in [4.69, 9.17) is 0 Å². The van der Waals surface area contributed by atoms with E-state index in [0.29, 0.717) is 0 Å². The molecule has 4 heteroatoms. The molecule has 0 fully saturated rings. The van der Waals surface area contributed by atoms with Gasteiger partial charge in [0.15, 0.2) is 0 Å². The van der Waals surface area contributed by atoms with Crippen molar-refractivity contribution in [2.24, 2.45) is 0 Å². The summed E-state index contributed by atoms with van der Waals surface area (Å²) >= 11 is 0. The van der Waals surface area contributed by atoms with Crippen LogP contribution in [-0.2, 0) is 4.74 Å². The molecule has 1 aromatic rings. The number of hydrogen-bond acceptors (Lipinski definition) is 3. The molecular weight excluding hydrogens is 156 g/mol. The number of hydrogen-bond donors (Lipinski definition) is 0. The zero-order valence-electron chi connectivity index (χ0n) is 7.02. The van der Waals surface area contributed by atoms with Crippen LogP contribution in [0.1, 0.15) is 0 Å². The summed E-state index contributed by atoms with van der Waals surface area (Å²) in [4.78, 5) is 16.2. The quantitative estimate of drug-likeness (QED) is 0.631. The predicted molar refractivity (Wildman–Crippen MR) is 45.0 cm³/mol. The molecule has 1 rings (SSSR count). The fourth-order valence-corrected chi connectivity index (χ4v) is 0.810. The first-order chi connectivity index (χ1) is 5.75. The van der Waals surface area contributed by atoms with Gasteiger partial charge in [0.1, 0.15) is 0 Å². The molecule has 64 valence electrons. The molecule has 0 aromatic carbocycles. The fourth-order valence-electron chi connectivity index (χ4n) is 0.810. The maximum Gasteiger partial charge on any atom is 0.413 e. The average Bonchev–Trinajstić information content (AvgIpc) is 2.17. The Bertz CT molecular complexity index is 261. The van der Waals surface area contributed by atoms with E-state index in [-0.39, 0.29) is 6.09 Å². The van der Waals surface area contributed by atoms with Crippen LogP contribution in [-0.4, -0.2) is 25.2 Å². The molecule has 0 spiro atoms. The Balaban J connectivity index is 2.78. The molecule has 0 radical (unpaired) electrons. The molecule has 4 nitrogen and oxygen atoms in total. The summed E-state index contributed by atoms with van der Waals surface area (Å²) in [5.74, 6) is 0. The van der Waals surface area contributed by atoms with Crippen LogP contribution in [0, 0.1) is 0 Å². The molecule has 0 unspecified atom stereocenters. The smallest absolute Gasteiger partial charge is 0.413 e. The highest BCUT2D eigenvalue weighted by atomic mass is 16.5. The summed E-state index contributed by atoms with van der Waals surface area (Å²) in [5.41, 5.74) is 0.761. The normalized spacial score (nSPS) is 9.17. The molecule has 1 heterocycles. The highest BCUT2D eigenvalue weighted by molar-refractivity contribution is 5.86. The van der Waals surface area contributed by atoms with Crippen LogP contribution < -0.4 is 4.90 Å². The number of carbonyl (C=O) groups is 1. The lowest BCUT2D eigenvalue weighted by Gasteiger charge is -2.14. The lowest BCUT2D eigenvalue weighted by Crippen LogP contribution is -2.25. The number of carbonyl (C=O) groups excluding carboxylic acids is 1. The molecule has 0 saturated carbocycles. The van der Waals surface area contributed by atoms with Gasteiger partial charge in [-0.25, -0.2) is 4.79 Å². The Hall–Kier alpha value is -1.58. The second-order valence-corrected chi connectivity index (χ2v) is 2.23. The van der Waals surface area contributed by atoms with E-state index >= 15 is 0 Å². The van der Waals surface area contributed by atoms with Crippen molar-refractivity contribution < 1.29 is 9.53 Å². The summed E-state index contributed by atoms with van der Waals surface area (Å²) in [6, 6.07) is 3.47. The molecule has 0 aliphatic heterocycles. The third kappa shape index (κ3) is 1.72.